The molecule has 0 atom stereocenters. The summed E-state index contributed by atoms with van der Waals surface area (Å²) >= 11 is 0. The highest BCUT2D eigenvalue weighted by Crippen LogP contribution is 2.42. The summed E-state index contributed by atoms with van der Waals surface area (Å²) in [6, 6.07) is 60.0. The van der Waals surface area contributed by atoms with Crippen LogP contribution < -0.4 is 20.3 Å². The minimum absolute atomic E-state index is 0.260. The standard InChI is InChI=1S/C48H28BNO3/c1-4-12-41-34(8-1)35-9-2-5-13-42(35)50(41)33-21-16-29(17-22-33)32-18-23-40-47(28-32)52-46-15-7-11-37-39-27-31(20-25-45(39)53-49(40)48(37)46)30-19-24-44-38(26-30)36-10-3-6-14-43(36)51-44/h1-28H. The first-order valence-corrected chi connectivity index (χ1v) is 18.0. The lowest BCUT2D eigenvalue weighted by molar-refractivity contribution is 0.479. The first-order chi connectivity index (χ1) is 26.2. The first kappa shape index (κ1) is 28.7. The van der Waals surface area contributed by atoms with Crippen LogP contribution in [0.3, 0.4) is 0 Å². The van der Waals surface area contributed by atoms with Crippen molar-refractivity contribution in [3.63, 3.8) is 0 Å². The Morgan fingerprint density at radius 1 is 0.415 bits per heavy atom. The molecule has 5 heteroatoms. The summed E-state index contributed by atoms with van der Waals surface area (Å²) in [5, 5.41) is 4.77. The van der Waals surface area contributed by atoms with Gasteiger partial charge >= 0.3 is 6.92 Å². The number of fused-ring (bicyclic) bond motifs is 10. The molecule has 0 bridgehead atoms. The van der Waals surface area contributed by atoms with Crippen LogP contribution in [-0.4, -0.2) is 11.5 Å². The third kappa shape index (κ3) is 4.19. The molecule has 0 aliphatic carbocycles. The van der Waals surface area contributed by atoms with E-state index in [9.17, 15) is 0 Å². The molecule has 246 valence electrons. The van der Waals surface area contributed by atoms with E-state index in [2.05, 4.69) is 162 Å². The zero-order chi connectivity index (χ0) is 34.6. The Balaban J connectivity index is 0.892. The number of benzene rings is 8. The summed E-state index contributed by atoms with van der Waals surface area (Å²) in [6.45, 7) is -0.260. The molecule has 0 saturated carbocycles. The predicted octanol–water partition coefficient (Wildman–Crippen LogP) is 11.3. The van der Waals surface area contributed by atoms with Crippen molar-refractivity contribution >= 4 is 61.6 Å². The highest BCUT2D eigenvalue weighted by molar-refractivity contribution is 6.84. The molecule has 0 amide bonds. The van der Waals surface area contributed by atoms with E-state index in [0.29, 0.717) is 0 Å². The van der Waals surface area contributed by atoms with E-state index in [0.717, 1.165) is 89.2 Å². The van der Waals surface area contributed by atoms with E-state index in [4.69, 9.17) is 13.8 Å². The maximum atomic E-state index is 6.85. The lowest BCUT2D eigenvalue weighted by atomic mass is 9.51. The Hall–Kier alpha value is -6.98. The van der Waals surface area contributed by atoms with Gasteiger partial charge in [-0.2, -0.15) is 0 Å². The molecule has 2 aliphatic rings. The van der Waals surface area contributed by atoms with Gasteiger partial charge in [0.1, 0.15) is 28.4 Å². The maximum absolute atomic E-state index is 6.85. The number of para-hydroxylation sites is 3. The molecule has 0 unspecified atom stereocenters. The maximum Gasteiger partial charge on any atom is 0.434 e. The highest BCUT2D eigenvalue weighted by atomic mass is 16.5. The molecule has 0 saturated heterocycles. The summed E-state index contributed by atoms with van der Waals surface area (Å²) < 4.78 is 22.0. The van der Waals surface area contributed by atoms with Crippen molar-refractivity contribution in [3.05, 3.63) is 170 Å². The molecule has 8 aromatic carbocycles. The zero-order valence-corrected chi connectivity index (χ0v) is 28.4. The van der Waals surface area contributed by atoms with Crippen molar-refractivity contribution in [1.29, 1.82) is 0 Å². The van der Waals surface area contributed by atoms with Gasteiger partial charge < -0.3 is 18.4 Å². The van der Waals surface area contributed by atoms with Gasteiger partial charge in [-0.05, 0) is 94.5 Å². The van der Waals surface area contributed by atoms with E-state index < -0.39 is 0 Å². The Morgan fingerprint density at radius 3 is 1.91 bits per heavy atom. The van der Waals surface area contributed by atoms with Crippen LogP contribution in [0.25, 0.3) is 82.8 Å². The fourth-order valence-electron chi connectivity index (χ4n) is 8.61. The Labute approximate surface area is 305 Å². The predicted molar refractivity (Wildman–Crippen MR) is 217 cm³/mol. The molecule has 10 aromatic rings. The third-order valence-corrected chi connectivity index (χ3v) is 11.1. The summed E-state index contributed by atoms with van der Waals surface area (Å²) in [5.74, 6) is 2.53. The van der Waals surface area contributed by atoms with Crippen molar-refractivity contribution < 1.29 is 13.8 Å². The van der Waals surface area contributed by atoms with Gasteiger partial charge in [-0.15, -0.1) is 0 Å². The normalized spacial score (nSPS) is 12.8. The minimum Gasteiger partial charge on any atom is -0.551 e. The number of nitrogens with zero attached hydrogens (tertiary/aromatic N) is 1. The van der Waals surface area contributed by atoms with Crippen LogP contribution in [-0.2, 0) is 0 Å². The van der Waals surface area contributed by atoms with Gasteiger partial charge in [0.05, 0.1) is 11.0 Å². The lowest BCUT2D eigenvalue weighted by Crippen LogP contribution is -2.53. The lowest BCUT2D eigenvalue weighted by Gasteiger charge is -2.33. The summed E-state index contributed by atoms with van der Waals surface area (Å²) in [5.41, 5.74) is 14.1. The second kappa shape index (κ2) is 10.8. The van der Waals surface area contributed by atoms with E-state index in [1.807, 2.05) is 12.1 Å². The van der Waals surface area contributed by atoms with Crippen LogP contribution in [0.15, 0.2) is 174 Å². The molecule has 12 rings (SSSR count). The topological polar surface area (TPSA) is 36.5 Å². The molecule has 2 aromatic heterocycles. The Bertz CT molecular complexity index is 3080. The quantitative estimate of drug-likeness (QED) is 0.175. The molecule has 4 nitrogen and oxygen atoms in total. The van der Waals surface area contributed by atoms with E-state index in [1.54, 1.807) is 0 Å². The van der Waals surface area contributed by atoms with Crippen LogP contribution in [0.4, 0.5) is 0 Å². The van der Waals surface area contributed by atoms with Gasteiger partial charge in [0.25, 0.3) is 0 Å². The third-order valence-electron chi connectivity index (χ3n) is 11.1. The van der Waals surface area contributed by atoms with Crippen LogP contribution in [0.2, 0.25) is 0 Å². The molecular formula is C48H28BNO3. The fourth-order valence-corrected chi connectivity index (χ4v) is 8.61. The summed E-state index contributed by atoms with van der Waals surface area (Å²) in [7, 11) is 0. The van der Waals surface area contributed by atoms with Crippen LogP contribution in [0.5, 0.6) is 17.2 Å². The largest absolute Gasteiger partial charge is 0.551 e. The number of hydrogen-bond donors (Lipinski definition) is 0. The van der Waals surface area contributed by atoms with Gasteiger partial charge in [-0.1, -0.05) is 103 Å². The SMILES string of the molecule is c1cc2c3c(c1)-c1cc(-c4ccc5oc6ccccc6c5c4)ccc1OB3c1ccc(-c3ccc(-n4c5ccccc5c5ccccc54)cc3)cc1O2. The number of ether oxygens (including phenoxy) is 1. The van der Waals surface area contributed by atoms with Crippen molar-refractivity contribution in [2.45, 2.75) is 0 Å². The average molecular weight is 678 g/mol. The van der Waals surface area contributed by atoms with Gasteiger partial charge in [-0.25, -0.2) is 0 Å². The smallest absolute Gasteiger partial charge is 0.434 e. The minimum atomic E-state index is -0.260. The Morgan fingerprint density at radius 2 is 1.08 bits per heavy atom. The number of furan rings is 1. The molecular weight excluding hydrogens is 649 g/mol. The zero-order valence-electron chi connectivity index (χ0n) is 28.4. The van der Waals surface area contributed by atoms with E-state index in [-0.39, 0.29) is 6.92 Å². The molecule has 0 N–H and O–H groups in total. The average Bonchev–Trinajstić information content (AvgIpc) is 3.76. The van der Waals surface area contributed by atoms with Crippen molar-refractivity contribution in [2.24, 2.45) is 0 Å². The number of hydrogen-bond acceptors (Lipinski definition) is 3. The van der Waals surface area contributed by atoms with E-state index >= 15 is 0 Å². The Kier molecular flexibility index (Phi) is 5.83. The van der Waals surface area contributed by atoms with Crippen LogP contribution >= 0.6 is 0 Å². The molecule has 53 heavy (non-hydrogen) atoms. The summed E-state index contributed by atoms with van der Waals surface area (Å²) in [6.07, 6.45) is 0. The number of rotatable bonds is 3. The summed E-state index contributed by atoms with van der Waals surface area (Å²) in [4.78, 5) is 0. The fraction of sp³-hybridized carbons (Fsp3) is 0. The van der Waals surface area contributed by atoms with Gasteiger partial charge in [-0.3, -0.25) is 0 Å². The number of aromatic nitrogens is 1. The highest BCUT2D eigenvalue weighted by Gasteiger charge is 2.40. The van der Waals surface area contributed by atoms with Gasteiger partial charge in [0.2, 0.25) is 0 Å². The monoisotopic (exact) mass is 677 g/mol. The second-order valence-corrected chi connectivity index (χ2v) is 14.0. The second-order valence-electron chi connectivity index (χ2n) is 14.0. The van der Waals surface area contributed by atoms with Crippen molar-refractivity contribution in [2.75, 3.05) is 0 Å². The van der Waals surface area contributed by atoms with Crippen LogP contribution in [0, 0.1) is 0 Å². The molecule has 2 aliphatic heterocycles. The van der Waals surface area contributed by atoms with E-state index in [1.165, 1.54) is 21.8 Å². The molecule has 0 radical (unpaired) electrons. The van der Waals surface area contributed by atoms with Gasteiger partial charge in [0, 0.05) is 43.7 Å². The van der Waals surface area contributed by atoms with Crippen molar-refractivity contribution in [3.8, 4) is 56.3 Å². The molecule has 0 fully saturated rings. The van der Waals surface area contributed by atoms with Crippen molar-refractivity contribution in [1.82, 2.24) is 4.57 Å². The van der Waals surface area contributed by atoms with Crippen LogP contribution in [0.1, 0.15) is 0 Å². The first-order valence-electron chi connectivity index (χ1n) is 18.0. The van der Waals surface area contributed by atoms with Gasteiger partial charge in [0.15, 0.2) is 0 Å². The molecule has 0 spiro atoms. The molecule has 4 heterocycles.